The summed E-state index contributed by atoms with van der Waals surface area (Å²) in [6.07, 6.45) is 0.366. The topological polar surface area (TPSA) is 83.6 Å². The van der Waals surface area contributed by atoms with Crippen LogP contribution in [0.5, 0.6) is 0 Å². The van der Waals surface area contributed by atoms with Gasteiger partial charge in [0.2, 0.25) is 10.0 Å². The lowest BCUT2D eigenvalue weighted by Gasteiger charge is -2.23. The van der Waals surface area contributed by atoms with Gasteiger partial charge in [-0.05, 0) is 24.4 Å². The smallest absolute Gasteiger partial charge is 0.244 e. The van der Waals surface area contributed by atoms with E-state index in [1.54, 1.807) is 11.4 Å². The van der Waals surface area contributed by atoms with Crippen LogP contribution >= 0.6 is 11.3 Å². The number of hydrogen-bond donors (Lipinski definition) is 1. The van der Waals surface area contributed by atoms with Crippen molar-refractivity contribution in [1.29, 1.82) is 0 Å². The zero-order valence-electron chi connectivity index (χ0n) is 12.1. The van der Waals surface area contributed by atoms with Gasteiger partial charge in [-0.1, -0.05) is 6.92 Å². The summed E-state index contributed by atoms with van der Waals surface area (Å²) in [5, 5.41) is 4.87. The van der Waals surface area contributed by atoms with Crippen molar-refractivity contribution in [3.05, 3.63) is 16.3 Å². The van der Waals surface area contributed by atoms with Crippen molar-refractivity contribution in [3.63, 3.8) is 0 Å². The summed E-state index contributed by atoms with van der Waals surface area (Å²) < 4.78 is 49.7. The number of nitrogens with zero attached hydrogens (tertiary/aromatic N) is 1. The lowest BCUT2D eigenvalue weighted by atomic mass is 10.3. The third-order valence-electron chi connectivity index (χ3n) is 3.62. The largest absolute Gasteiger partial charge is 0.312 e. The van der Waals surface area contributed by atoms with Crippen LogP contribution in [0, 0.1) is 0 Å². The third kappa shape index (κ3) is 3.65. The molecule has 120 valence electrons. The molecule has 9 heteroatoms. The van der Waals surface area contributed by atoms with Gasteiger partial charge in [0, 0.05) is 24.5 Å². The molecule has 1 aromatic rings. The molecule has 1 aromatic heterocycles. The predicted octanol–water partition coefficient (Wildman–Crippen LogP) is 0.665. The normalized spacial score (nSPS) is 22.0. The summed E-state index contributed by atoms with van der Waals surface area (Å²) in [7, 11) is -5.29. The van der Waals surface area contributed by atoms with Crippen LogP contribution in [0.4, 0.5) is 0 Å². The predicted molar refractivity (Wildman–Crippen MR) is 83.7 cm³/mol. The van der Waals surface area contributed by atoms with Crippen LogP contribution in [0.15, 0.2) is 16.3 Å². The number of hydrogen-bond acceptors (Lipinski definition) is 6. The highest BCUT2D eigenvalue weighted by molar-refractivity contribution is 7.92. The number of sulfone groups is 1. The van der Waals surface area contributed by atoms with Gasteiger partial charge in [-0.15, -0.1) is 11.3 Å². The van der Waals surface area contributed by atoms with Gasteiger partial charge < -0.3 is 5.32 Å². The quantitative estimate of drug-likeness (QED) is 0.813. The fourth-order valence-corrected chi connectivity index (χ4v) is 6.98. The van der Waals surface area contributed by atoms with Gasteiger partial charge in [0.25, 0.3) is 0 Å². The van der Waals surface area contributed by atoms with Crippen LogP contribution in [-0.2, 0) is 26.4 Å². The van der Waals surface area contributed by atoms with Crippen LogP contribution in [0.25, 0.3) is 0 Å². The minimum atomic E-state index is -3.65. The zero-order chi connectivity index (χ0) is 15.7. The van der Waals surface area contributed by atoms with Crippen molar-refractivity contribution >= 4 is 31.2 Å². The number of thiophene rings is 1. The molecule has 2 rings (SSSR count). The van der Waals surface area contributed by atoms with Crippen molar-refractivity contribution in [3.8, 4) is 0 Å². The molecule has 1 aliphatic rings. The third-order valence-corrected chi connectivity index (χ3v) is 8.41. The highest BCUT2D eigenvalue weighted by Gasteiger charge is 2.37. The highest BCUT2D eigenvalue weighted by Crippen LogP contribution is 2.28. The average molecular weight is 353 g/mol. The molecular weight excluding hydrogens is 332 g/mol. The van der Waals surface area contributed by atoms with E-state index in [1.807, 2.05) is 6.92 Å². The molecule has 0 aromatic carbocycles. The Kier molecular flexibility index (Phi) is 5.09. The molecule has 0 radical (unpaired) electrons. The van der Waals surface area contributed by atoms with E-state index in [9.17, 15) is 16.8 Å². The molecule has 0 aliphatic carbocycles. The van der Waals surface area contributed by atoms with E-state index in [2.05, 4.69) is 5.32 Å². The fraction of sp³-hybridized carbons (Fsp3) is 0.667. The second-order valence-corrected chi connectivity index (χ2v) is 10.3. The van der Waals surface area contributed by atoms with Gasteiger partial charge in [0.05, 0.1) is 16.4 Å². The Morgan fingerprint density at radius 1 is 1.48 bits per heavy atom. The van der Waals surface area contributed by atoms with E-state index in [0.717, 1.165) is 11.4 Å². The molecule has 1 unspecified atom stereocenters. The Balaban J connectivity index is 2.24. The molecule has 0 amide bonds. The zero-order valence-corrected chi connectivity index (χ0v) is 14.5. The van der Waals surface area contributed by atoms with E-state index < -0.39 is 25.9 Å². The lowest BCUT2D eigenvalue weighted by molar-refractivity contribution is 0.393. The maximum absolute atomic E-state index is 12.7. The molecule has 1 fully saturated rings. The Bertz CT molecular complexity index is 694. The van der Waals surface area contributed by atoms with Gasteiger partial charge in [-0.3, -0.25) is 0 Å². The first-order valence-corrected chi connectivity index (χ1v) is 10.9. The maximum atomic E-state index is 12.7. The molecule has 1 N–H and O–H groups in total. The minimum Gasteiger partial charge on any atom is -0.312 e. The average Bonchev–Trinajstić information content (AvgIpc) is 3.01. The maximum Gasteiger partial charge on any atom is 0.244 e. The number of sulfonamides is 1. The van der Waals surface area contributed by atoms with Gasteiger partial charge in [0.1, 0.15) is 0 Å². The molecule has 0 bridgehead atoms. The molecule has 0 spiro atoms. The Labute approximate surface area is 130 Å². The molecule has 1 saturated heterocycles. The summed E-state index contributed by atoms with van der Waals surface area (Å²) in [6, 6.07) is 1.12. The highest BCUT2D eigenvalue weighted by atomic mass is 32.2. The monoisotopic (exact) mass is 352 g/mol. The SMILES string of the molecule is CCNCc1sccc1S(=O)(=O)N(C)C1CCS(=O)(=O)C1. The van der Waals surface area contributed by atoms with E-state index in [4.69, 9.17) is 0 Å². The molecule has 21 heavy (non-hydrogen) atoms. The van der Waals surface area contributed by atoms with E-state index >= 15 is 0 Å². The molecule has 2 heterocycles. The number of nitrogens with one attached hydrogen (secondary N) is 1. The summed E-state index contributed by atoms with van der Waals surface area (Å²) >= 11 is 1.39. The summed E-state index contributed by atoms with van der Waals surface area (Å²) in [4.78, 5) is 1.03. The van der Waals surface area contributed by atoms with Gasteiger partial charge >= 0.3 is 0 Å². The van der Waals surface area contributed by atoms with Crippen LogP contribution in [0.1, 0.15) is 18.2 Å². The standard InChI is InChI=1S/C12H20N2O4S3/c1-3-13-8-11-12(4-6-19-11)21(17,18)14(2)10-5-7-20(15,16)9-10/h4,6,10,13H,3,5,7-9H2,1-2H3. The Morgan fingerprint density at radius 3 is 2.76 bits per heavy atom. The first-order valence-electron chi connectivity index (χ1n) is 6.73. The Morgan fingerprint density at radius 2 is 2.19 bits per heavy atom. The van der Waals surface area contributed by atoms with Crippen LogP contribution in [0.2, 0.25) is 0 Å². The van der Waals surface area contributed by atoms with Gasteiger partial charge in [-0.25, -0.2) is 16.8 Å². The molecular formula is C12H20N2O4S3. The van der Waals surface area contributed by atoms with Crippen LogP contribution in [0.3, 0.4) is 0 Å². The van der Waals surface area contributed by atoms with Gasteiger partial charge in [-0.2, -0.15) is 4.31 Å². The first kappa shape index (κ1) is 16.9. The molecule has 0 saturated carbocycles. The fourth-order valence-electron chi connectivity index (χ4n) is 2.34. The van der Waals surface area contributed by atoms with Crippen LogP contribution in [-0.4, -0.2) is 52.3 Å². The number of rotatable bonds is 6. The van der Waals surface area contributed by atoms with E-state index in [0.29, 0.717) is 13.0 Å². The van der Waals surface area contributed by atoms with Gasteiger partial charge in [0.15, 0.2) is 9.84 Å². The van der Waals surface area contributed by atoms with Crippen molar-refractivity contribution in [2.45, 2.75) is 30.8 Å². The summed E-state index contributed by atoms with van der Waals surface area (Å²) in [5.41, 5.74) is 0. The van der Waals surface area contributed by atoms with E-state index in [-0.39, 0.29) is 16.4 Å². The summed E-state index contributed by atoms with van der Waals surface area (Å²) in [6.45, 7) is 3.21. The van der Waals surface area contributed by atoms with Crippen molar-refractivity contribution in [1.82, 2.24) is 9.62 Å². The van der Waals surface area contributed by atoms with E-state index in [1.165, 1.54) is 22.7 Å². The lowest BCUT2D eigenvalue weighted by Crippen LogP contribution is -2.38. The van der Waals surface area contributed by atoms with Crippen LogP contribution < -0.4 is 5.32 Å². The van der Waals surface area contributed by atoms with Crippen molar-refractivity contribution in [2.24, 2.45) is 0 Å². The molecule has 1 atom stereocenters. The van der Waals surface area contributed by atoms with Crippen molar-refractivity contribution < 1.29 is 16.8 Å². The first-order chi connectivity index (χ1) is 9.78. The Hall–Kier alpha value is -0.480. The minimum absolute atomic E-state index is 0.0609. The molecule has 6 nitrogen and oxygen atoms in total. The molecule has 1 aliphatic heterocycles. The second-order valence-electron chi connectivity index (χ2n) is 5.07. The summed E-state index contributed by atoms with van der Waals surface area (Å²) in [5.74, 6) is -0.0270. The van der Waals surface area contributed by atoms with Crippen molar-refractivity contribution in [2.75, 3.05) is 25.1 Å². The second kappa shape index (κ2) is 6.33.